The van der Waals surface area contributed by atoms with E-state index in [1.165, 1.54) is 0 Å². The second-order valence-corrected chi connectivity index (χ2v) is 4.41. The molecule has 3 rings (SSSR count). The summed E-state index contributed by atoms with van der Waals surface area (Å²) in [5.74, 6) is 0.122. The molecule has 2 N–H and O–H groups in total. The van der Waals surface area contributed by atoms with Gasteiger partial charge in [0.15, 0.2) is 0 Å². The normalized spacial score (nSPS) is 13.8. The Morgan fingerprint density at radius 3 is 2.50 bits per heavy atom. The van der Waals surface area contributed by atoms with Crippen LogP contribution in [0, 0.1) is 0 Å². The molecule has 1 aliphatic rings. The van der Waals surface area contributed by atoms with Crippen LogP contribution in [0.4, 0.5) is 11.4 Å². The number of hydrogen-bond acceptors (Lipinski definition) is 2. The number of fused-ring (bicyclic) bond motifs is 1. The van der Waals surface area contributed by atoms with Crippen molar-refractivity contribution in [1.29, 1.82) is 0 Å². The van der Waals surface area contributed by atoms with Crippen molar-refractivity contribution in [3.8, 4) is 0 Å². The number of benzene rings is 2. The Bertz CT molecular complexity index is 590. The van der Waals surface area contributed by atoms with Gasteiger partial charge in [-0.05, 0) is 29.3 Å². The van der Waals surface area contributed by atoms with Crippen molar-refractivity contribution in [3.05, 3.63) is 59.7 Å². The minimum absolute atomic E-state index is 0.122. The molecule has 0 saturated heterocycles. The van der Waals surface area contributed by atoms with Gasteiger partial charge in [0.2, 0.25) is 5.91 Å². The maximum atomic E-state index is 12.1. The van der Waals surface area contributed by atoms with Crippen LogP contribution in [0.1, 0.15) is 11.1 Å². The first kappa shape index (κ1) is 11.0. The van der Waals surface area contributed by atoms with E-state index in [1.54, 1.807) is 4.90 Å². The van der Waals surface area contributed by atoms with Crippen LogP contribution >= 0.6 is 0 Å². The number of hydrogen-bond donors (Lipinski definition) is 1. The fourth-order valence-corrected chi connectivity index (χ4v) is 2.32. The van der Waals surface area contributed by atoms with E-state index in [4.69, 9.17) is 5.73 Å². The monoisotopic (exact) mass is 238 g/mol. The molecule has 0 aliphatic carbocycles. The van der Waals surface area contributed by atoms with Gasteiger partial charge in [-0.1, -0.05) is 30.3 Å². The van der Waals surface area contributed by atoms with Gasteiger partial charge in [0.05, 0.1) is 12.1 Å². The van der Waals surface area contributed by atoms with Gasteiger partial charge in [-0.3, -0.25) is 9.69 Å². The van der Waals surface area contributed by atoms with Crippen LogP contribution in [-0.4, -0.2) is 5.91 Å². The molecule has 0 spiro atoms. The summed E-state index contributed by atoms with van der Waals surface area (Å²) in [5, 5.41) is 0. The first-order valence-corrected chi connectivity index (χ1v) is 5.99. The summed E-state index contributed by atoms with van der Waals surface area (Å²) in [6.07, 6.45) is 0.481. The number of nitrogens with zero attached hydrogens (tertiary/aromatic N) is 1. The second-order valence-electron chi connectivity index (χ2n) is 4.41. The molecule has 90 valence electrons. The van der Waals surface area contributed by atoms with Crippen LogP contribution in [0.2, 0.25) is 0 Å². The van der Waals surface area contributed by atoms with Gasteiger partial charge in [-0.15, -0.1) is 0 Å². The summed E-state index contributed by atoms with van der Waals surface area (Å²) in [6, 6.07) is 15.7. The van der Waals surface area contributed by atoms with Crippen LogP contribution in [0.5, 0.6) is 0 Å². The van der Waals surface area contributed by atoms with Crippen molar-refractivity contribution in [1.82, 2.24) is 0 Å². The van der Waals surface area contributed by atoms with Gasteiger partial charge in [0.25, 0.3) is 0 Å². The molecule has 1 heterocycles. The van der Waals surface area contributed by atoms with Gasteiger partial charge in [-0.25, -0.2) is 0 Å². The smallest absolute Gasteiger partial charge is 0.236 e. The molecular formula is C15H14N2O. The molecule has 0 saturated carbocycles. The van der Waals surface area contributed by atoms with Gasteiger partial charge in [0.1, 0.15) is 0 Å². The number of rotatable bonds is 2. The molecule has 0 atom stereocenters. The van der Waals surface area contributed by atoms with Crippen molar-refractivity contribution in [2.24, 2.45) is 5.73 Å². The molecule has 1 amide bonds. The molecule has 0 unspecified atom stereocenters. The summed E-state index contributed by atoms with van der Waals surface area (Å²) >= 11 is 0. The van der Waals surface area contributed by atoms with Crippen molar-refractivity contribution < 1.29 is 4.79 Å². The first-order chi connectivity index (χ1) is 8.79. The van der Waals surface area contributed by atoms with E-state index in [-0.39, 0.29) is 5.91 Å². The Kier molecular flexibility index (Phi) is 2.61. The number of carbonyl (C=O) groups excluding carboxylic acids is 1. The summed E-state index contributed by atoms with van der Waals surface area (Å²) in [4.78, 5) is 13.9. The van der Waals surface area contributed by atoms with Gasteiger partial charge >= 0.3 is 0 Å². The lowest BCUT2D eigenvalue weighted by Crippen LogP contribution is -2.20. The summed E-state index contributed by atoms with van der Waals surface area (Å²) in [5.41, 5.74) is 9.63. The maximum Gasteiger partial charge on any atom is 0.236 e. The third-order valence-corrected chi connectivity index (χ3v) is 3.25. The largest absolute Gasteiger partial charge is 0.326 e. The molecule has 1 aliphatic heterocycles. The van der Waals surface area contributed by atoms with Crippen LogP contribution in [0.3, 0.4) is 0 Å². The fraction of sp³-hybridized carbons (Fsp3) is 0.133. The SMILES string of the molecule is NCc1ccc(N2C(=O)Cc3ccccc32)cc1. The van der Waals surface area contributed by atoms with Crippen molar-refractivity contribution in [2.75, 3.05) is 4.90 Å². The van der Waals surface area contributed by atoms with Gasteiger partial charge < -0.3 is 5.73 Å². The van der Waals surface area contributed by atoms with E-state index < -0.39 is 0 Å². The number of carbonyl (C=O) groups is 1. The molecule has 18 heavy (non-hydrogen) atoms. The van der Waals surface area contributed by atoms with Crippen molar-refractivity contribution in [3.63, 3.8) is 0 Å². The standard InChI is InChI=1S/C15H14N2O/c16-10-11-5-7-13(8-6-11)17-14-4-2-1-3-12(14)9-15(17)18/h1-8H,9-10,16H2. The molecule has 3 nitrogen and oxygen atoms in total. The van der Waals surface area contributed by atoms with E-state index in [2.05, 4.69) is 0 Å². The molecular weight excluding hydrogens is 224 g/mol. The predicted molar refractivity (Wildman–Crippen MR) is 71.6 cm³/mol. The minimum atomic E-state index is 0.122. The van der Waals surface area contributed by atoms with Crippen LogP contribution in [0.25, 0.3) is 0 Å². The maximum absolute atomic E-state index is 12.1. The number of nitrogens with two attached hydrogens (primary N) is 1. The van der Waals surface area contributed by atoms with Crippen LogP contribution in [-0.2, 0) is 17.8 Å². The topological polar surface area (TPSA) is 46.3 Å². The summed E-state index contributed by atoms with van der Waals surface area (Å²) in [6.45, 7) is 0.519. The Morgan fingerprint density at radius 1 is 1.06 bits per heavy atom. The van der Waals surface area contributed by atoms with Gasteiger partial charge in [0, 0.05) is 12.2 Å². The van der Waals surface area contributed by atoms with Crippen LogP contribution in [0.15, 0.2) is 48.5 Å². The third kappa shape index (κ3) is 1.69. The molecule has 0 aromatic heterocycles. The number of anilines is 2. The molecule has 2 aromatic carbocycles. The van der Waals surface area contributed by atoms with Crippen LogP contribution < -0.4 is 10.6 Å². The molecule has 3 heteroatoms. The lowest BCUT2D eigenvalue weighted by Gasteiger charge is -2.17. The average Bonchev–Trinajstić information content (AvgIpc) is 2.75. The zero-order chi connectivity index (χ0) is 12.5. The van der Waals surface area contributed by atoms with Gasteiger partial charge in [-0.2, -0.15) is 0 Å². The third-order valence-electron chi connectivity index (χ3n) is 3.25. The van der Waals surface area contributed by atoms with E-state index in [0.29, 0.717) is 13.0 Å². The Balaban J connectivity index is 2.03. The highest BCUT2D eigenvalue weighted by atomic mass is 16.2. The predicted octanol–water partition coefficient (Wildman–Crippen LogP) is 2.37. The second kappa shape index (κ2) is 4.27. The number of amides is 1. The highest BCUT2D eigenvalue weighted by Gasteiger charge is 2.27. The molecule has 0 fully saturated rings. The van der Waals surface area contributed by atoms with Crippen molar-refractivity contribution >= 4 is 17.3 Å². The highest BCUT2D eigenvalue weighted by Crippen LogP contribution is 2.34. The Hall–Kier alpha value is -2.13. The quantitative estimate of drug-likeness (QED) is 0.873. The summed E-state index contributed by atoms with van der Waals surface area (Å²) < 4.78 is 0. The Labute approximate surface area is 106 Å². The minimum Gasteiger partial charge on any atom is -0.326 e. The fourth-order valence-electron chi connectivity index (χ4n) is 2.32. The summed E-state index contributed by atoms with van der Waals surface area (Å²) in [7, 11) is 0. The molecule has 2 aromatic rings. The lowest BCUT2D eigenvalue weighted by molar-refractivity contribution is -0.116. The van der Waals surface area contributed by atoms with E-state index in [0.717, 1.165) is 22.5 Å². The van der Waals surface area contributed by atoms with Crippen molar-refractivity contribution in [2.45, 2.75) is 13.0 Å². The Morgan fingerprint density at radius 2 is 1.78 bits per heavy atom. The molecule has 0 bridgehead atoms. The zero-order valence-corrected chi connectivity index (χ0v) is 9.97. The number of para-hydroxylation sites is 1. The highest BCUT2D eigenvalue weighted by molar-refractivity contribution is 6.07. The van der Waals surface area contributed by atoms with E-state index in [1.807, 2.05) is 48.5 Å². The first-order valence-electron chi connectivity index (χ1n) is 5.99. The molecule has 0 radical (unpaired) electrons. The zero-order valence-electron chi connectivity index (χ0n) is 9.97. The van der Waals surface area contributed by atoms with E-state index >= 15 is 0 Å². The lowest BCUT2D eigenvalue weighted by atomic mass is 10.1. The average molecular weight is 238 g/mol. The van der Waals surface area contributed by atoms with E-state index in [9.17, 15) is 4.79 Å².